The fourth-order valence-corrected chi connectivity index (χ4v) is 8.67. The summed E-state index contributed by atoms with van der Waals surface area (Å²) >= 11 is 0. The van der Waals surface area contributed by atoms with E-state index in [4.69, 9.17) is 0 Å². The molecule has 0 saturated heterocycles. The smallest absolute Gasteiger partial charge is 0.0991 e. The number of hydrogen-bond acceptors (Lipinski definition) is 3. The molecule has 0 fully saturated rings. The summed E-state index contributed by atoms with van der Waals surface area (Å²) in [5.41, 5.74) is 14.5. The Morgan fingerprint density at radius 2 is 0.843 bits per heavy atom. The van der Waals surface area contributed by atoms with Crippen LogP contribution in [0.3, 0.4) is 0 Å². The summed E-state index contributed by atoms with van der Waals surface area (Å²) in [6.07, 6.45) is 0. The average molecular weight is 652 g/mol. The highest BCUT2D eigenvalue weighted by Gasteiger charge is 2.53. The first-order valence-electron chi connectivity index (χ1n) is 17.3. The number of nitrogens with zero attached hydrogens (tertiary/aromatic N) is 3. The normalized spacial score (nSPS) is 14.3. The van der Waals surface area contributed by atoms with Crippen molar-refractivity contribution in [2.24, 2.45) is 0 Å². The Morgan fingerprint density at radius 3 is 1.29 bits per heavy atom. The Hall–Kier alpha value is -6.68. The fraction of sp³-hybridized carbons (Fsp3) is 0.0833. The molecule has 7 aromatic rings. The molecule has 0 radical (unpaired) electrons. The fourth-order valence-electron chi connectivity index (χ4n) is 8.67. The minimum atomic E-state index is -0.789. The second kappa shape index (κ2) is 11.4. The number of anilines is 3. The van der Waals surface area contributed by atoms with Crippen LogP contribution in [0.15, 0.2) is 164 Å². The van der Waals surface area contributed by atoms with E-state index in [1.54, 1.807) is 0 Å². The molecular formula is C48H33N3. The summed E-state index contributed by atoms with van der Waals surface area (Å²) < 4.78 is 0. The van der Waals surface area contributed by atoms with Crippen LogP contribution in [0.5, 0.6) is 0 Å². The molecular weight excluding hydrogens is 619 g/mol. The summed E-state index contributed by atoms with van der Waals surface area (Å²) in [6, 6.07) is 62.5. The third-order valence-electron chi connectivity index (χ3n) is 10.9. The highest BCUT2D eigenvalue weighted by molar-refractivity contribution is 5.93. The third kappa shape index (κ3) is 4.42. The van der Waals surface area contributed by atoms with Crippen molar-refractivity contribution in [3.05, 3.63) is 208 Å². The van der Waals surface area contributed by atoms with Crippen LogP contribution in [0.2, 0.25) is 0 Å². The third-order valence-corrected chi connectivity index (χ3v) is 10.9. The highest BCUT2D eigenvalue weighted by atomic mass is 15.2. The van der Waals surface area contributed by atoms with Gasteiger partial charge in [0.05, 0.1) is 40.1 Å². The minimum Gasteiger partial charge on any atom is -0.310 e. The summed E-state index contributed by atoms with van der Waals surface area (Å²) in [7, 11) is 0. The number of para-hydroxylation sites is 2. The van der Waals surface area contributed by atoms with Gasteiger partial charge < -0.3 is 4.90 Å². The molecule has 3 nitrogen and oxygen atoms in total. The van der Waals surface area contributed by atoms with E-state index >= 15 is 0 Å². The minimum absolute atomic E-state index is 0.368. The van der Waals surface area contributed by atoms with Gasteiger partial charge in [0.25, 0.3) is 0 Å². The van der Waals surface area contributed by atoms with Crippen molar-refractivity contribution < 1.29 is 0 Å². The first-order chi connectivity index (χ1) is 24.9. The lowest BCUT2D eigenvalue weighted by Crippen LogP contribution is -2.45. The molecule has 51 heavy (non-hydrogen) atoms. The number of benzene rings is 7. The lowest BCUT2D eigenvalue weighted by molar-refractivity contribution is 0.556. The molecule has 1 heterocycles. The molecule has 1 spiro atoms. The van der Waals surface area contributed by atoms with Gasteiger partial charge in [-0.3, -0.25) is 0 Å². The van der Waals surface area contributed by atoms with Gasteiger partial charge in [0.15, 0.2) is 0 Å². The first kappa shape index (κ1) is 30.4. The Labute approximate surface area is 298 Å². The van der Waals surface area contributed by atoms with Crippen molar-refractivity contribution in [1.29, 1.82) is 10.5 Å². The number of hydrogen-bond donors (Lipinski definition) is 0. The lowest BCUT2D eigenvalue weighted by Gasteiger charge is -2.52. The Bertz CT molecular complexity index is 2410. The van der Waals surface area contributed by atoms with E-state index in [2.05, 4.69) is 183 Å². The van der Waals surface area contributed by atoms with Gasteiger partial charge in [-0.2, -0.15) is 10.5 Å². The highest BCUT2D eigenvalue weighted by Crippen LogP contribution is 2.63. The molecule has 0 atom stereocenters. The van der Waals surface area contributed by atoms with Crippen LogP contribution < -0.4 is 4.90 Å². The summed E-state index contributed by atoms with van der Waals surface area (Å²) in [6.45, 7) is 4.51. The van der Waals surface area contributed by atoms with Crippen molar-refractivity contribution in [2.45, 2.75) is 24.7 Å². The van der Waals surface area contributed by atoms with Crippen LogP contribution in [-0.4, -0.2) is 0 Å². The topological polar surface area (TPSA) is 50.8 Å². The molecule has 0 saturated carbocycles. The van der Waals surface area contributed by atoms with Crippen LogP contribution in [0.1, 0.15) is 58.4 Å². The van der Waals surface area contributed by atoms with Crippen LogP contribution in [0, 0.1) is 22.7 Å². The monoisotopic (exact) mass is 651 g/mol. The van der Waals surface area contributed by atoms with Crippen molar-refractivity contribution in [2.75, 3.05) is 4.90 Å². The standard InChI is InChI=1S/C48H33N3/c1-47(2)39-23-21-32(30-49)25-43(39)48(44-26-33(31-50)22-24-40(44)47)41-17-9-11-19-45(41)51(46-20-12-10-18-42(46)48)38-28-36(34-13-5-3-6-14-34)27-37(29-38)35-15-7-4-8-16-35/h3-29H,1-2H3. The van der Waals surface area contributed by atoms with Crippen LogP contribution in [0.25, 0.3) is 22.3 Å². The second-order valence-corrected chi connectivity index (χ2v) is 14.0. The first-order valence-corrected chi connectivity index (χ1v) is 17.3. The van der Waals surface area contributed by atoms with E-state index < -0.39 is 5.41 Å². The quantitative estimate of drug-likeness (QED) is 0.191. The van der Waals surface area contributed by atoms with Gasteiger partial charge in [-0.15, -0.1) is 0 Å². The van der Waals surface area contributed by atoms with E-state index in [1.807, 2.05) is 12.1 Å². The van der Waals surface area contributed by atoms with E-state index in [9.17, 15) is 10.5 Å². The molecule has 0 unspecified atom stereocenters. The SMILES string of the molecule is CC1(C)c2ccc(C#N)cc2C2(c3ccccc3N(c3cc(-c4ccccc4)cc(-c4ccccc4)c3)c3ccccc32)c2cc(C#N)ccc21. The molecule has 0 amide bonds. The molecule has 2 aliphatic rings. The van der Waals surface area contributed by atoms with Gasteiger partial charge in [-0.05, 0) is 110 Å². The number of rotatable bonds is 3. The van der Waals surface area contributed by atoms with E-state index in [-0.39, 0.29) is 5.41 Å². The Balaban J connectivity index is 1.41. The van der Waals surface area contributed by atoms with Crippen LogP contribution in [0.4, 0.5) is 17.1 Å². The molecule has 3 heteroatoms. The maximum absolute atomic E-state index is 10.3. The number of nitriles is 2. The van der Waals surface area contributed by atoms with Crippen LogP contribution >= 0.6 is 0 Å². The molecule has 0 bridgehead atoms. The number of fused-ring (bicyclic) bond motifs is 8. The predicted octanol–water partition coefficient (Wildman–Crippen LogP) is 11.6. The van der Waals surface area contributed by atoms with Gasteiger partial charge in [0.1, 0.15) is 0 Å². The maximum Gasteiger partial charge on any atom is 0.0991 e. The van der Waals surface area contributed by atoms with E-state index in [0.29, 0.717) is 11.1 Å². The molecule has 9 rings (SSSR count). The summed E-state index contributed by atoms with van der Waals surface area (Å²) in [5, 5.41) is 20.5. The average Bonchev–Trinajstić information content (AvgIpc) is 3.19. The zero-order valence-corrected chi connectivity index (χ0v) is 28.4. The molecule has 7 aromatic carbocycles. The van der Waals surface area contributed by atoms with Crippen LogP contribution in [-0.2, 0) is 10.8 Å². The zero-order valence-electron chi connectivity index (χ0n) is 28.4. The van der Waals surface area contributed by atoms with Gasteiger partial charge in [-0.1, -0.05) is 123 Å². The van der Waals surface area contributed by atoms with Crippen molar-refractivity contribution in [1.82, 2.24) is 0 Å². The van der Waals surface area contributed by atoms with Gasteiger partial charge in [-0.25, -0.2) is 0 Å². The summed E-state index contributed by atoms with van der Waals surface area (Å²) in [4.78, 5) is 2.40. The Kier molecular flexibility index (Phi) is 6.82. The molecule has 1 aliphatic carbocycles. The second-order valence-electron chi connectivity index (χ2n) is 14.0. The van der Waals surface area contributed by atoms with Gasteiger partial charge >= 0.3 is 0 Å². The molecule has 240 valence electrons. The zero-order chi connectivity index (χ0) is 34.7. The largest absolute Gasteiger partial charge is 0.310 e. The molecule has 0 N–H and O–H groups in total. The predicted molar refractivity (Wildman–Crippen MR) is 205 cm³/mol. The van der Waals surface area contributed by atoms with Crippen molar-refractivity contribution in [3.8, 4) is 34.4 Å². The van der Waals surface area contributed by atoms with Crippen molar-refractivity contribution >= 4 is 17.1 Å². The van der Waals surface area contributed by atoms with Gasteiger partial charge in [0, 0.05) is 11.1 Å². The lowest BCUT2D eigenvalue weighted by atomic mass is 9.52. The maximum atomic E-state index is 10.3. The Morgan fingerprint density at radius 1 is 0.412 bits per heavy atom. The van der Waals surface area contributed by atoms with E-state index in [1.165, 1.54) is 11.1 Å². The molecule has 1 aliphatic heterocycles. The van der Waals surface area contributed by atoms with Gasteiger partial charge in [0.2, 0.25) is 0 Å². The van der Waals surface area contributed by atoms with E-state index in [0.717, 1.165) is 61.6 Å². The molecule has 0 aromatic heterocycles. The summed E-state index contributed by atoms with van der Waals surface area (Å²) in [5.74, 6) is 0. The van der Waals surface area contributed by atoms with Crippen molar-refractivity contribution in [3.63, 3.8) is 0 Å².